The molecule has 0 aromatic heterocycles. The number of rotatable bonds is 6. The number of hydrogen-bond donors (Lipinski definition) is 2. The van der Waals surface area contributed by atoms with Crippen LogP contribution in [0.15, 0.2) is 60.2 Å². The molecule has 0 spiro atoms. The van der Waals surface area contributed by atoms with Crippen LogP contribution in [0.4, 0.5) is 0 Å². The first kappa shape index (κ1) is 18.7. The van der Waals surface area contributed by atoms with Crippen LogP contribution < -0.4 is 4.74 Å². The molecule has 0 radical (unpaired) electrons. The SMILES string of the molecule is COc1ccc(/C(O)=C2\C(=O)C(=O)N(CCCO)C2c2ccccc2)cc1. The van der Waals surface area contributed by atoms with Crippen LogP contribution in [-0.2, 0) is 9.59 Å². The average Bonchev–Trinajstić information content (AvgIpc) is 2.97. The van der Waals surface area contributed by atoms with Crippen molar-refractivity contribution in [3.05, 3.63) is 71.3 Å². The Morgan fingerprint density at radius 1 is 1.07 bits per heavy atom. The van der Waals surface area contributed by atoms with Crippen molar-refractivity contribution in [2.24, 2.45) is 0 Å². The highest BCUT2D eigenvalue weighted by Crippen LogP contribution is 2.39. The van der Waals surface area contributed by atoms with E-state index >= 15 is 0 Å². The maximum absolute atomic E-state index is 12.7. The van der Waals surface area contributed by atoms with Gasteiger partial charge in [0.2, 0.25) is 0 Å². The van der Waals surface area contributed by atoms with Gasteiger partial charge in [-0.1, -0.05) is 30.3 Å². The Labute approximate surface area is 157 Å². The highest BCUT2D eigenvalue weighted by Gasteiger charge is 2.45. The van der Waals surface area contributed by atoms with E-state index in [9.17, 15) is 14.7 Å². The minimum atomic E-state index is -0.727. The van der Waals surface area contributed by atoms with Gasteiger partial charge in [0.15, 0.2) is 0 Å². The number of likely N-dealkylation sites (tertiary alicyclic amines) is 1. The summed E-state index contributed by atoms with van der Waals surface area (Å²) in [5, 5.41) is 20.0. The molecule has 1 aliphatic rings. The van der Waals surface area contributed by atoms with Crippen LogP contribution >= 0.6 is 0 Å². The van der Waals surface area contributed by atoms with Crippen LogP contribution in [0.5, 0.6) is 5.75 Å². The van der Waals surface area contributed by atoms with E-state index in [0.29, 0.717) is 17.7 Å². The Balaban J connectivity index is 2.11. The predicted octanol–water partition coefficient (Wildman–Crippen LogP) is 2.50. The van der Waals surface area contributed by atoms with E-state index in [2.05, 4.69) is 0 Å². The number of carbonyl (C=O) groups excluding carboxylic acids is 2. The normalized spacial score (nSPS) is 18.7. The van der Waals surface area contributed by atoms with E-state index in [4.69, 9.17) is 9.84 Å². The molecule has 140 valence electrons. The molecule has 1 saturated heterocycles. The second-order valence-electron chi connectivity index (χ2n) is 6.21. The highest BCUT2D eigenvalue weighted by atomic mass is 16.5. The third-order valence-electron chi connectivity index (χ3n) is 4.58. The van der Waals surface area contributed by atoms with Crippen molar-refractivity contribution in [2.45, 2.75) is 12.5 Å². The number of aliphatic hydroxyl groups excluding tert-OH is 2. The summed E-state index contributed by atoms with van der Waals surface area (Å²) in [6.45, 7) is 0.128. The Kier molecular flexibility index (Phi) is 5.57. The van der Waals surface area contributed by atoms with Gasteiger partial charge in [-0.2, -0.15) is 0 Å². The molecule has 1 unspecified atom stereocenters. The van der Waals surface area contributed by atoms with Gasteiger partial charge < -0.3 is 19.8 Å². The largest absolute Gasteiger partial charge is 0.507 e. The smallest absolute Gasteiger partial charge is 0.295 e. The molecule has 2 N–H and O–H groups in total. The molecule has 1 amide bonds. The molecule has 2 aromatic rings. The Morgan fingerprint density at radius 2 is 1.74 bits per heavy atom. The molecule has 0 aliphatic carbocycles. The van der Waals surface area contributed by atoms with Gasteiger partial charge in [-0.15, -0.1) is 0 Å². The number of ketones is 1. The molecule has 0 bridgehead atoms. The van der Waals surface area contributed by atoms with Crippen molar-refractivity contribution in [1.29, 1.82) is 0 Å². The van der Waals surface area contributed by atoms with E-state index in [-0.39, 0.29) is 24.5 Å². The van der Waals surface area contributed by atoms with Crippen LogP contribution in [-0.4, -0.2) is 47.1 Å². The van der Waals surface area contributed by atoms with Crippen LogP contribution in [0, 0.1) is 0 Å². The maximum Gasteiger partial charge on any atom is 0.295 e. The van der Waals surface area contributed by atoms with Gasteiger partial charge >= 0.3 is 0 Å². The zero-order chi connectivity index (χ0) is 19.4. The average molecular weight is 367 g/mol. The Hall–Kier alpha value is -3.12. The van der Waals surface area contributed by atoms with Crippen LogP contribution in [0.1, 0.15) is 23.6 Å². The third-order valence-corrected chi connectivity index (χ3v) is 4.58. The van der Waals surface area contributed by atoms with Gasteiger partial charge in [-0.3, -0.25) is 9.59 Å². The first-order chi connectivity index (χ1) is 13.1. The van der Waals surface area contributed by atoms with Crippen molar-refractivity contribution < 1.29 is 24.5 Å². The van der Waals surface area contributed by atoms with Gasteiger partial charge in [0, 0.05) is 18.7 Å². The number of nitrogens with zero attached hydrogens (tertiary/aromatic N) is 1. The quantitative estimate of drug-likeness (QED) is 0.465. The van der Waals surface area contributed by atoms with Crippen LogP contribution in [0.3, 0.4) is 0 Å². The van der Waals surface area contributed by atoms with Gasteiger partial charge in [-0.05, 0) is 36.2 Å². The lowest BCUT2D eigenvalue weighted by Gasteiger charge is -2.25. The van der Waals surface area contributed by atoms with Crippen LogP contribution in [0.25, 0.3) is 5.76 Å². The zero-order valence-electron chi connectivity index (χ0n) is 15.0. The molecule has 3 rings (SSSR count). The summed E-state index contributed by atoms with van der Waals surface area (Å²) >= 11 is 0. The second-order valence-corrected chi connectivity index (χ2v) is 6.21. The first-order valence-corrected chi connectivity index (χ1v) is 8.67. The molecule has 6 heteroatoms. The fourth-order valence-electron chi connectivity index (χ4n) is 3.24. The van der Waals surface area contributed by atoms with Crippen molar-refractivity contribution in [3.63, 3.8) is 0 Å². The number of Topliss-reactive ketones (excluding diaryl/α,β-unsaturated/α-hetero) is 1. The summed E-state index contributed by atoms with van der Waals surface area (Å²) in [5.74, 6) is -1.01. The monoisotopic (exact) mass is 367 g/mol. The van der Waals surface area contributed by atoms with Gasteiger partial charge in [0.25, 0.3) is 11.7 Å². The molecule has 2 aromatic carbocycles. The number of benzene rings is 2. The molecule has 6 nitrogen and oxygen atoms in total. The van der Waals surface area contributed by atoms with E-state index in [1.807, 2.05) is 30.3 Å². The van der Waals surface area contributed by atoms with E-state index in [0.717, 1.165) is 5.56 Å². The van der Waals surface area contributed by atoms with Gasteiger partial charge in [-0.25, -0.2) is 0 Å². The molecule has 1 aliphatic heterocycles. The molecular formula is C21H21NO5. The fourth-order valence-corrected chi connectivity index (χ4v) is 3.24. The maximum atomic E-state index is 12.7. The topological polar surface area (TPSA) is 87.1 Å². The van der Waals surface area contributed by atoms with Crippen molar-refractivity contribution in [2.75, 3.05) is 20.3 Å². The molecule has 1 atom stereocenters. The van der Waals surface area contributed by atoms with Crippen molar-refractivity contribution >= 4 is 17.4 Å². The van der Waals surface area contributed by atoms with E-state index in [1.54, 1.807) is 24.3 Å². The summed E-state index contributed by atoms with van der Waals surface area (Å²) in [6.07, 6.45) is 0.346. The lowest BCUT2D eigenvalue weighted by atomic mass is 9.95. The van der Waals surface area contributed by atoms with Crippen molar-refractivity contribution in [3.8, 4) is 5.75 Å². The number of methoxy groups -OCH3 is 1. The lowest BCUT2D eigenvalue weighted by molar-refractivity contribution is -0.140. The molecule has 27 heavy (non-hydrogen) atoms. The second kappa shape index (κ2) is 8.05. The highest BCUT2D eigenvalue weighted by molar-refractivity contribution is 6.46. The lowest BCUT2D eigenvalue weighted by Crippen LogP contribution is -2.31. The Bertz CT molecular complexity index is 858. The van der Waals surface area contributed by atoms with E-state index in [1.165, 1.54) is 12.0 Å². The number of aliphatic hydroxyl groups is 2. The molecule has 1 fully saturated rings. The van der Waals surface area contributed by atoms with Crippen LogP contribution in [0.2, 0.25) is 0 Å². The van der Waals surface area contributed by atoms with Crippen molar-refractivity contribution in [1.82, 2.24) is 4.90 Å². The third kappa shape index (κ3) is 3.57. The van der Waals surface area contributed by atoms with Gasteiger partial charge in [0.1, 0.15) is 11.5 Å². The Morgan fingerprint density at radius 3 is 2.33 bits per heavy atom. The first-order valence-electron chi connectivity index (χ1n) is 8.67. The summed E-state index contributed by atoms with van der Waals surface area (Å²) < 4.78 is 5.11. The predicted molar refractivity (Wildman–Crippen MR) is 100 cm³/mol. The number of amides is 1. The van der Waals surface area contributed by atoms with E-state index < -0.39 is 17.7 Å². The summed E-state index contributed by atoms with van der Waals surface area (Å²) in [4.78, 5) is 26.7. The summed E-state index contributed by atoms with van der Waals surface area (Å²) in [5.41, 5.74) is 1.20. The number of carbonyl (C=O) groups is 2. The summed E-state index contributed by atoms with van der Waals surface area (Å²) in [6, 6.07) is 15.0. The van der Waals surface area contributed by atoms with Gasteiger partial charge in [0.05, 0.1) is 18.7 Å². The standard InChI is InChI=1S/C21H21NO5/c1-27-16-10-8-15(9-11-16)19(24)17-18(14-6-3-2-4-7-14)22(12-5-13-23)21(26)20(17)25/h2-4,6-11,18,23-24H,5,12-13H2,1H3/b19-17+. The zero-order valence-corrected chi connectivity index (χ0v) is 15.0. The number of hydrogen-bond acceptors (Lipinski definition) is 5. The number of ether oxygens (including phenoxy) is 1. The molecule has 1 heterocycles. The minimum absolute atomic E-state index is 0.0503. The minimum Gasteiger partial charge on any atom is -0.507 e. The molecule has 0 saturated carbocycles. The molecular weight excluding hydrogens is 346 g/mol. The fraction of sp³-hybridized carbons (Fsp3) is 0.238. The summed E-state index contributed by atoms with van der Waals surface area (Å²) in [7, 11) is 1.54.